The predicted octanol–water partition coefficient (Wildman–Crippen LogP) is 8.14. The number of ketones is 1. The number of rotatable bonds is 9. The summed E-state index contributed by atoms with van der Waals surface area (Å²) in [5, 5.41) is 6.33. The van der Waals surface area contributed by atoms with Crippen molar-refractivity contribution < 1.29 is 14.4 Å². The van der Waals surface area contributed by atoms with Gasteiger partial charge in [0.1, 0.15) is 5.70 Å². The Morgan fingerprint density at radius 1 is 0.846 bits per heavy atom. The molecule has 0 saturated carbocycles. The van der Waals surface area contributed by atoms with Crippen LogP contribution in [0.2, 0.25) is 10.0 Å². The topological polar surface area (TPSA) is 75.3 Å². The second-order valence-electron chi connectivity index (χ2n) is 8.24. The minimum absolute atomic E-state index is 0.0927. The number of carbonyl (C=O) groups is 3. The summed E-state index contributed by atoms with van der Waals surface area (Å²) >= 11 is 16.8. The number of benzene rings is 4. The summed E-state index contributed by atoms with van der Waals surface area (Å²) in [5.41, 5.74) is 2.22. The van der Waals surface area contributed by atoms with Crippen molar-refractivity contribution in [3.05, 3.63) is 134 Å². The van der Waals surface area contributed by atoms with Gasteiger partial charge in [-0.05, 0) is 78.4 Å². The van der Waals surface area contributed by atoms with Crippen LogP contribution in [0.3, 0.4) is 0 Å². The summed E-state index contributed by atoms with van der Waals surface area (Å²) in [4.78, 5) is 39.4. The lowest BCUT2D eigenvalue weighted by Gasteiger charge is -2.12. The first-order valence-corrected chi connectivity index (χ1v) is 14.2. The van der Waals surface area contributed by atoms with Gasteiger partial charge in [-0.2, -0.15) is 0 Å². The van der Waals surface area contributed by atoms with Gasteiger partial charge in [-0.1, -0.05) is 69.5 Å². The Balaban J connectivity index is 1.44. The summed E-state index contributed by atoms with van der Waals surface area (Å²) in [5.74, 6) is -0.795. The predicted molar refractivity (Wildman–Crippen MR) is 163 cm³/mol. The van der Waals surface area contributed by atoms with E-state index < -0.39 is 11.8 Å². The first kappa shape index (κ1) is 28.6. The number of nitrogens with one attached hydrogen (secondary N) is 2. The molecule has 0 aromatic heterocycles. The van der Waals surface area contributed by atoms with Crippen LogP contribution in [-0.2, 0) is 4.79 Å². The lowest BCUT2D eigenvalue weighted by atomic mass is 10.1. The zero-order chi connectivity index (χ0) is 27.8. The zero-order valence-corrected chi connectivity index (χ0v) is 24.2. The Kier molecular flexibility index (Phi) is 10.0. The van der Waals surface area contributed by atoms with Crippen LogP contribution in [0.25, 0.3) is 6.08 Å². The maximum atomic E-state index is 13.2. The summed E-state index contributed by atoms with van der Waals surface area (Å²) in [6.45, 7) is 0. The largest absolute Gasteiger partial charge is 0.321 e. The first-order valence-electron chi connectivity index (χ1n) is 11.6. The zero-order valence-electron chi connectivity index (χ0n) is 20.3. The molecule has 4 aromatic rings. The van der Waals surface area contributed by atoms with Gasteiger partial charge in [0.2, 0.25) is 0 Å². The number of hydrogen-bond acceptors (Lipinski definition) is 4. The fourth-order valence-corrected chi connectivity index (χ4v) is 5.00. The van der Waals surface area contributed by atoms with E-state index in [2.05, 4.69) is 26.6 Å². The van der Waals surface area contributed by atoms with Crippen molar-refractivity contribution in [2.45, 2.75) is 4.90 Å². The van der Waals surface area contributed by atoms with E-state index in [4.69, 9.17) is 23.2 Å². The van der Waals surface area contributed by atoms with Gasteiger partial charge in [0.25, 0.3) is 11.8 Å². The molecule has 0 unspecified atom stereocenters. The molecule has 9 heteroatoms. The first-order chi connectivity index (χ1) is 18.8. The van der Waals surface area contributed by atoms with Crippen molar-refractivity contribution in [1.82, 2.24) is 5.32 Å². The van der Waals surface area contributed by atoms with E-state index in [1.807, 2.05) is 30.3 Å². The van der Waals surface area contributed by atoms with Crippen molar-refractivity contribution in [3.8, 4) is 0 Å². The smallest absolute Gasteiger partial charge is 0.272 e. The number of hydrogen-bond donors (Lipinski definition) is 2. The average Bonchev–Trinajstić information content (AvgIpc) is 2.93. The third-order valence-electron chi connectivity index (χ3n) is 5.42. The Morgan fingerprint density at radius 2 is 1.54 bits per heavy atom. The van der Waals surface area contributed by atoms with Gasteiger partial charge in [-0.15, -0.1) is 11.8 Å². The summed E-state index contributed by atoms with van der Waals surface area (Å²) in [7, 11) is 0. The molecular weight excluding hydrogens is 619 g/mol. The standard InChI is InChI=1S/C30H21BrCl2N2O3S/c31-21-8-6-19(7-9-21)16-27(35-29(37)20-4-2-1-3-5-20)30(38)34-23-11-13-24(14-12-23)39-18-28(36)25-15-10-22(32)17-26(25)33/h1-17H,18H2,(H,34,38)(H,35,37)/b27-16-. The van der Waals surface area contributed by atoms with Crippen molar-refractivity contribution in [1.29, 1.82) is 0 Å². The van der Waals surface area contributed by atoms with Crippen molar-refractivity contribution in [3.63, 3.8) is 0 Å². The van der Waals surface area contributed by atoms with Crippen LogP contribution < -0.4 is 10.6 Å². The normalized spacial score (nSPS) is 11.1. The number of halogens is 3. The van der Waals surface area contributed by atoms with Gasteiger partial charge in [0.05, 0.1) is 10.8 Å². The molecule has 0 bridgehead atoms. The highest BCUT2D eigenvalue weighted by Gasteiger charge is 2.16. The third kappa shape index (κ3) is 8.31. The fraction of sp³-hybridized carbons (Fsp3) is 0.0333. The number of amides is 2. The molecule has 4 rings (SSSR count). The molecule has 2 amide bonds. The highest BCUT2D eigenvalue weighted by atomic mass is 79.9. The molecule has 0 aliphatic rings. The number of Topliss-reactive ketones (excluding diaryl/α,β-unsaturated/α-hetero) is 1. The maximum absolute atomic E-state index is 13.2. The van der Waals surface area contributed by atoms with Crippen LogP contribution in [0, 0.1) is 0 Å². The van der Waals surface area contributed by atoms with E-state index in [9.17, 15) is 14.4 Å². The molecule has 5 nitrogen and oxygen atoms in total. The molecule has 0 saturated heterocycles. The third-order valence-corrected chi connectivity index (χ3v) is 7.51. The number of anilines is 1. The lowest BCUT2D eigenvalue weighted by Crippen LogP contribution is -2.30. The van der Waals surface area contributed by atoms with Gasteiger partial charge < -0.3 is 10.6 Å². The van der Waals surface area contributed by atoms with Gasteiger partial charge in [-0.3, -0.25) is 14.4 Å². The fourth-order valence-electron chi connectivity index (χ4n) is 3.44. The minimum Gasteiger partial charge on any atom is -0.321 e. The van der Waals surface area contributed by atoms with Crippen molar-refractivity contribution >= 4 is 80.3 Å². The van der Waals surface area contributed by atoms with Crippen LogP contribution in [0.15, 0.2) is 112 Å². The minimum atomic E-state index is -0.477. The highest BCUT2D eigenvalue weighted by molar-refractivity contribution is 9.10. The van der Waals surface area contributed by atoms with Crippen LogP contribution in [0.5, 0.6) is 0 Å². The molecule has 2 N–H and O–H groups in total. The number of thioether (sulfide) groups is 1. The van der Waals surface area contributed by atoms with E-state index >= 15 is 0 Å². The Bertz CT molecular complexity index is 1530. The Morgan fingerprint density at radius 3 is 2.21 bits per heavy atom. The highest BCUT2D eigenvalue weighted by Crippen LogP contribution is 2.26. The van der Waals surface area contributed by atoms with Crippen molar-refractivity contribution in [2.75, 3.05) is 11.1 Å². The summed E-state index contributed by atoms with van der Waals surface area (Å²) in [6.07, 6.45) is 1.61. The molecule has 0 fully saturated rings. The lowest BCUT2D eigenvalue weighted by molar-refractivity contribution is -0.113. The Labute approximate surface area is 248 Å². The monoisotopic (exact) mass is 638 g/mol. The van der Waals surface area contributed by atoms with Crippen molar-refractivity contribution in [2.24, 2.45) is 0 Å². The second kappa shape index (κ2) is 13.6. The molecule has 39 heavy (non-hydrogen) atoms. The quantitative estimate of drug-likeness (QED) is 0.110. The van der Waals surface area contributed by atoms with E-state index in [0.717, 1.165) is 14.9 Å². The molecule has 4 aromatic carbocycles. The Hall–Kier alpha value is -3.36. The van der Waals surface area contributed by atoms with E-state index in [0.29, 0.717) is 26.9 Å². The molecule has 0 atom stereocenters. The van der Waals surface area contributed by atoms with Crippen LogP contribution in [-0.4, -0.2) is 23.4 Å². The summed E-state index contributed by atoms with van der Waals surface area (Å²) in [6, 6.07) is 27.9. The molecule has 0 radical (unpaired) electrons. The van der Waals surface area contributed by atoms with E-state index in [1.165, 1.54) is 11.8 Å². The molecule has 0 heterocycles. The molecule has 0 aliphatic carbocycles. The maximum Gasteiger partial charge on any atom is 0.272 e. The average molecular weight is 640 g/mol. The van der Waals surface area contributed by atoms with Gasteiger partial charge in [0, 0.05) is 31.2 Å². The number of carbonyl (C=O) groups excluding carboxylic acids is 3. The SMILES string of the molecule is O=C(Nc1ccc(SCC(=O)c2ccc(Cl)cc2Cl)cc1)/C(=C/c1ccc(Br)cc1)NC(=O)c1ccccc1. The van der Waals surface area contributed by atoms with Gasteiger partial charge in [-0.25, -0.2) is 0 Å². The van der Waals surface area contributed by atoms with Crippen LogP contribution >= 0.6 is 50.9 Å². The van der Waals surface area contributed by atoms with E-state index in [1.54, 1.807) is 72.8 Å². The summed E-state index contributed by atoms with van der Waals surface area (Å²) < 4.78 is 0.898. The molecule has 0 aliphatic heterocycles. The van der Waals surface area contributed by atoms with Gasteiger partial charge in [0.15, 0.2) is 5.78 Å². The van der Waals surface area contributed by atoms with E-state index in [-0.39, 0.29) is 17.2 Å². The van der Waals surface area contributed by atoms with Gasteiger partial charge >= 0.3 is 0 Å². The van der Waals surface area contributed by atoms with Crippen LogP contribution in [0.4, 0.5) is 5.69 Å². The second-order valence-corrected chi connectivity index (χ2v) is 11.1. The van der Waals surface area contributed by atoms with Crippen LogP contribution in [0.1, 0.15) is 26.3 Å². The molecule has 196 valence electrons. The molecule has 0 spiro atoms. The molecular formula is C30H21BrCl2N2O3S.